The van der Waals surface area contributed by atoms with Crippen LogP contribution in [0.5, 0.6) is 0 Å². The largest absolute Gasteiger partial charge is 0.370 e. The highest BCUT2D eigenvalue weighted by molar-refractivity contribution is 7.83. The van der Waals surface area contributed by atoms with Gasteiger partial charge in [-0.25, -0.2) is 8.93 Å². The molecule has 1 aliphatic rings. The van der Waals surface area contributed by atoms with E-state index in [-0.39, 0.29) is 12.1 Å². The minimum Gasteiger partial charge on any atom is -0.370 e. The Kier molecular flexibility index (Phi) is 6.27. The van der Waals surface area contributed by atoms with Gasteiger partial charge in [0.25, 0.3) is 0 Å². The molecule has 3 unspecified atom stereocenters. The lowest BCUT2D eigenvalue weighted by atomic mass is 10.0. The summed E-state index contributed by atoms with van der Waals surface area (Å²) in [5.74, 6) is 0. The van der Waals surface area contributed by atoms with Crippen LogP contribution in [-0.4, -0.2) is 29.9 Å². The quantitative estimate of drug-likeness (QED) is 0.849. The molecule has 4 nitrogen and oxygen atoms in total. The third-order valence-corrected chi connectivity index (χ3v) is 5.75. The van der Waals surface area contributed by atoms with Crippen LogP contribution in [0.2, 0.25) is 10.0 Å². The number of rotatable bonds is 4. The summed E-state index contributed by atoms with van der Waals surface area (Å²) in [5, 5.41) is 4.29. The predicted octanol–water partition coefficient (Wildman–Crippen LogP) is 3.34. The normalized spacial score (nSPS) is 22.8. The highest BCUT2D eigenvalue weighted by Gasteiger charge is 2.28. The predicted molar refractivity (Wildman–Crippen MR) is 97.8 cm³/mol. The third-order valence-electron chi connectivity index (χ3n) is 3.79. The maximum Gasteiger partial charge on any atom is 0.125 e. The zero-order valence-electron chi connectivity index (χ0n) is 12.9. The van der Waals surface area contributed by atoms with Gasteiger partial charge in [0.1, 0.15) is 17.1 Å². The van der Waals surface area contributed by atoms with Crippen molar-refractivity contribution in [1.29, 1.82) is 0 Å². The smallest absolute Gasteiger partial charge is 0.125 e. The first-order chi connectivity index (χ1) is 11.6. The lowest BCUT2D eigenvalue weighted by molar-refractivity contribution is 0.0496. The number of benzene rings is 2. The summed E-state index contributed by atoms with van der Waals surface area (Å²) in [7, 11) is -1.32. The van der Waals surface area contributed by atoms with Crippen LogP contribution in [0.3, 0.4) is 0 Å². The minimum atomic E-state index is -1.32. The van der Waals surface area contributed by atoms with E-state index in [1.54, 1.807) is 12.1 Å². The Morgan fingerprint density at radius 1 is 1.12 bits per heavy atom. The zero-order valence-corrected chi connectivity index (χ0v) is 15.2. The first kappa shape index (κ1) is 17.9. The van der Waals surface area contributed by atoms with Crippen molar-refractivity contribution in [2.45, 2.75) is 17.0 Å². The van der Waals surface area contributed by atoms with Crippen LogP contribution in [-0.2, 0) is 15.7 Å². The summed E-state index contributed by atoms with van der Waals surface area (Å²) in [4.78, 5) is 0.731. The molecule has 0 aliphatic carbocycles. The van der Waals surface area contributed by atoms with Gasteiger partial charge < -0.3 is 10.1 Å². The minimum absolute atomic E-state index is 0.161. The van der Waals surface area contributed by atoms with Crippen molar-refractivity contribution in [2.75, 3.05) is 19.7 Å². The van der Waals surface area contributed by atoms with E-state index in [0.717, 1.165) is 17.0 Å². The molecule has 7 heteroatoms. The molecule has 1 aliphatic heterocycles. The Balaban J connectivity index is 1.82. The van der Waals surface area contributed by atoms with E-state index >= 15 is 0 Å². The Hall–Kier alpha value is -0.950. The zero-order chi connectivity index (χ0) is 16.9. The fraction of sp³-hybridized carbons (Fsp3) is 0.294. The van der Waals surface area contributed by atoms with E-state index in [1.165, 1.54) is 0 Å². The van der Waals surface area contributed by atoms with Gasteiger partial charge in [-0.15, -0.1) is 0 Å². The van der Waals surface area contributed by atoms with E-state index in [9.17, 15) is 4.21 Å². The maximum absolute atomic E-state index is 12.6. The van der Waals surface area contributed by atoms with E-state index < -0.39 is 11.0 Å². The van der Waals surface area contributed by atoms with E-state index in [4.69, 9.17) is 27.9 Å². The fourth-order valence-corrected chi connectivity index (χ4v) is 3.94. The second-order valence-corrected chi connectivity index (χ2v) is 7.53. The number of halogens is 2. The fourth-order valence-electron chi connectivity index (χ4n) is 2.61. The van der Waals surface area contributed by atoms with Crippen LogP contribution in [0.15, 0.2) is 53.4 Å². The number of ether oxygens (including phenoxy) is 1. The van der Waals surface area contributed by atoms with Gasteiger partial charge in [0, 0.05) is 13.1 Å². The average molecular weight is 385 g/mol. The number of nitrogens with one attached hydrogen (secondary N) is 2. The van der Waals surface area contributed by atoms with E-state index in [1.807, 2.05) is 36.4 Å². The van der Waals surface area contributed by atoms with Gasteiger partial charge in [-0.05, 0) is 29.8 Å². The molecule has 0 bridgehead atoms. The molecule has 3 atom stereocenters. The molecule has 0 radical (unpaired) electrons. The highest BCUT2D eigenvalue weighted by atomic mass is 35.5. The molecule has 2 aromatic carbocycles. The lowest BCUT2D eigenvalue weighted by Crippen LogP contribution is -2.42. The topological polar surface area (TPSA) is 50.4 Å². The molecule has 1 saturated heterocycles. The van der Waals surface area contributed by atoms with Crippen LogP contribution in [0.1, 0.15) is 11.7 Å². The van der Waals surface area contributed by atoms with Gasteiger partial charge in [-0.1, -0.05) is 47.5 Å². The first-order valence-electron chi connectivity index (χ1n) is 7.65. The summed E-state index contributed by atoms with van der Waals surface area (Å²) >= 11 is 12.1. The Morgan fingerprint density at radius 3 is 2.67 bits per heavy atom. The second kappa shape index (κ2) is 8.43. The molecule has 0 saturated carbocycles. The standard InChI is InChI=1S/C17H18Cl2N2O2S/c18-14-7-6-12(10-15(14)19)17-16(11-20-8-9-23-17)21-24(22)13-4-2-1-3-5-13/h1-7,10,16-17,20-21H,8-9,11H2. The molecule has 2 aromatic rings. The van der Waals surface area contributed by atoms with Crippen molar-refractivity contribution < 1.29 is 8.95 Å². The summed E-state index contributed by atoms with van der Waals surface area (Å²) in [6, 6.07) is 14.6. The summed E-state index contributed by atoms with van der Waals surface area (Å²) in [6.45, 7) is 1.96. The average Bonchev–Trinajstić information content (AvgIpc) is 2.83. The van der Waals surface area contributed by atoms with Crippen LogP contribution in [0.25, 0.3) is 0 Å². The molecule has 24 heavy (non-hydrogen) atoms. The molecule has 3 rings (SSSR count). The van der Waals surface area contributed by atoms with Crippen molar-refractivity contribution >= 4 is 34.2 Å². The van der Waals surface area contributed by atoms with E-state index in [0.29, 0.717) is 23.2 Å². The molecule has 0 aromatic heterocycles. The number of hydrogen-bond donors (Lipinski definition) is 2. The second-order valence-electron chi connectivity index (χ2n) is 5.48. The van der Waals surface area contributed by atoms with Gasteiger partial charge in [-0.3, -0.25) is 0 Å². The van der Waals surface area contributed by atoms with Crippen molar-refractivity contribution in [2.24, 2.45) is 0 Å². The van der Waals surface area contributed by atoms with Gasteiger partial charge in [0.05, 0.1) is 27.6 Å². The Labute approximate surface area is 154 Å². The van der Waals surface area contributed by atoms with Crippen molar-refractivity contribution in [3.05, 3.63) is 64.1 Å². The molecular weight excluding hydrogens is 367 g/mol. The summed E-state index contributed by atoms with van der Waals surface area (Å²) < 4.78 is 21.7. The van der Waals surface area contributed by atoms with Crippen LogP contribution < -0.4 is 10.0 Å². The van der Waals surface area contributed by atoms with E-state index in [2.05, 4.69) is 10.0 Å². The Bertz CT molecular complexity index is 715. The van der Waals surface area contributed by atoms with Crippen molar-refractivity contribution in [3.63, 3.8) is 0 Å². The molecule has 1 fully saturated rings. The van der Waals surface area contributed by atoms with Crippen LogP contribution in [0, 0.1) is 0 Å². The SMILES string of the molecule is O=S(NC1CNCCOC1c1ccc(Cl)c(Cl)c1)c1ccccc1. The van der Waals surface area contributed by atoms with Gasteiger partial charge in [-0.2, -0.15) is 0 Å². The maximum atomic E-state index is 12.6. The van der Waals surface area contributed by atoms with Crippen molar-refractivity contribution in [3.8, 4) is 0 Å². The molecule has 0 spiro atoms. The van der Waals surface area contributed by atoms with Crippen LogP contribution in [0.4, 0.5) is 0 Å². The van der Waals surface area contributed by atoms with Crippen molar-refractivity contribution in [1.82, 2.24) is 10.0 Å². The Morgan fingerprint density at radius 2 is 1.92 bits per heavy atom. The number of hydrogen-bond acceptors (Lipinski definition) is 3. The lowest BCUT2D eigenvalue weighted by Gasteiger charge is -2.26. The molecule has 128 valence electrons. The highest BCUT2D eigenvalue weighted by Crippen LogP contribution is 2.29. The summed E-state index contributed by atoms with van der Waals surface area (Å²) in [5.41, 5.74) is 0.913. The molecule has 1 heterocycles. The van der Waals surface area contributed by atoms with Crippen LogP contribution >= 0.6 is 23.2 Å². The molecule has 2 N–H and O–H groups in total. The third kappa shape index (κ3) is 4.36. The molecule has 0 amide bonds. The summed E-state index contributed by atoms with van der Waals surface area (Å²) in [6.07, 6.45) is -0.262. The molecular formula is C17H18Cl2N2O2S. The van der Waals surface area contributed by atoms with Gasteiger partial charge in [0.2, 0.25) is 0 Å². The van der Waals surface area contributed by atoms with Gasteiger partial charge in [0.15, 0.2) is 0 Å². The first-order valence-corrected chi connectivity index (χ1v) is 9.56. The monoisotopic (exact) mass is 384 g/mol. The van der Waals surface area contributed by atoms with Gasteiger partial charge >= 0.3 is 0 Å².